The number of hydrogen-bond donors (Lipinski definition) is 1. The molecule has 1 unspecified atom stereocenters. The van der Waals surface area contributed by atoms with Gasteiger partial charge in [0.15, 0.2) is 0 Å². The van der Waals surface area contributed by atoms with E-state index in [4.69, 9.17) is 4.52 Å². The van der Waals surface area contributed by atoms with Gasteiger partial charge in [-0.05, 0) is 19.4 Å². The van der Waals surface area contributed by atoms with Gasteiger partial charge >= 0.3 is 0 Å². The number of sulfonamides is 1. The van der Waals surface area contributed by atoms with Crippen LogP contribution in [-0.4, -0.2) is 48.5 Å². The quantitative estimate of drug-likeness (QED) is 0.898. The molecule has 0 spiro atoms. The molecule has 122 valence electrons. The lowest BCUT2D eigenvalue weighted by Gasteiger charge is -2.32. The summed E-state index contributed by atoms with van der Waals surface area (Å²) < 4.78 is 32.2. The first-order valence-electron chi connectivity index (χ1n) is 7.01. The average molecular weight is 347 g/mol. The van der Waals surface area contributed by atoms with Crippen molar-refractivity contribution in [3.63, 3.8) is 0 Å². The first-order valence-corrected chi connectivity index (χ1v) is 8.45. The van der Waals surface area contributed by atoms with Crippen molar-refractivity contribution in [3.8, 4) is 0 Å². The lowest BCUT2D eigenvalue weighted by atomic mass is 10.2. The van der Waals surface area contributed by atoms with E-state index in [1.807, 2.05) is 13.8 Å². The predicted octanol–water partition coefficient (Wildman–Crippen LogP) is 1.19. The van der Waals surface area contributed by atoms with Gasteiger partial charge in [-0.1, -0.05) is 12.1 Å². The number of halogens is 1. The number of hydrogen-bond acceptors (Lipinski definition) is 6. The van der Waals surface area contributed by atoms with Gasteiger partial charge in [0.05, 0.1) is 17.3 Å². The number of nitrogens with zero attached hydrogens (tertiary/aromatic N) is 3. The van der Waals surface area contributed by atoms with E-state index < -0.39 is 10.0 Å². The number of nitrogens with one attached hydrogen (secondary N) is 1. The molecule has 1 atom stereocenters. The van der Waals surface area contributed by atoms with Crippen LogP contribution in [0.3, 0.4) is 0 Å². The van der Waals surface area contributed by atoms with Gasteiger partial charge in [-0.2, -0.15) is 4.31 Å². The summed E-state index contributed by atoms with van der Waals surface area (Å²) in [4.78, 5) is 4.28. The normalized spacial score (nSPS) is 20.0. The summed E-state index contributed by atoms with van der Waals surface area (Å²) in [5.41, 5.74) is 1.10. The third kappa shape index (κ3) is 2.83. The summed E-state index contributed by atoms with van der Waals surface area (Å²) in [5.74, 6) is 0. The second-order valence-corrected chi connectivity index (χ2v) is 7.07. The van der Waals surface area contributed by atoms with Gasteiger partial charge in [-0.3, -0.25) is 0 Å². The standard InChI is InChI=1S/C13H18N4O3S.ClH/c1-3-12-11-6-10(8-15-13(11)20-16-12)21(18,19)17-5-4-14-7-9(17)2;/h6,8-9,14H,3-5,7H2,1-2H3;1H. The van der Waals surface area contributed by atoms with Crippen molar-refractivity contribution in [1.82, 2.24) is 19.8 Å². The molecule has 1 aliphatic rings. The Kier molecular flexibility index (Phi) is 5.06. The number of piperazine rings is 1. The fraction of sp³-hybridized carbons (Fsp3) is 0.538. The molecule has 9 heteroatoms. The van der Waals surface area contributed by atoms with Crippen LogP contribution in [0.4, 0.5) is 0 Å². The van der Waals surface area contributed by atoms with Gasteiger partial charge in [-0.15, -0.1) is 12.4 Å². The van der Waals surface area contributed by atoms with E-state index in [0.29, 0.717) is 37.2 Å². The van der Waals surface area contributed by atoms with Crippen LogP contribution in [0.5, 0.6) is 0 Å². The minimum absolute atomic E-state index is 0. The lowest BCUT2D eigenvalue weighted by Crippen LogP contribution is -2.52. The van der Waals surface area contributed by atoms with Gasteiger partial charge in [0.1, 0.15) is 4.90 Å². The molecule has 0 bridgehead atoms. The smallest absolute Gasteiger partial charge is 0.258 e. The fourth-order valence-corrected chi connectivity index (χ4v) is 4.17. The molecule has 22 heavy (non-hydrogen) atoms. The molecule has 3 heterocycles. The molecule has 2 aromatic rings. The van der Waals surface area contributed by atoms with Crippen LogP contribution in [-0.2, 0) is 16.4 Å². The van der Waals surface area contributed by atoms with E-state index in [2.05, 4.69) is 15.5 Å². The monoisotopic (exact) mass is 346 g/mol. The maximum Gasteiger partial charge on any atom is 0.258 e. The van der Waals surface area contributed by atoms with Gasteiger partial charge in [0.2, 0.25) is 10.0 Å². The molecule has 0 aliphatic carbocycles. The third-order valence-electron chi connectivity index (χ3n) is 3.76. The zero-order chi connectivity index (χ0) is 15.0. The van der Waals surface area contributed by atoms with Gasteiger partial charge in [-0.25, -0.2) is 13.4 Å². The van der Waals surface area contributed by atoms with Gasteiger partial charge in [0.25, 0.3) is 5.71 Å². The Hall–Kier alpha value is -1.22. The van der Waals surface area contributed by atoms with Crippen LogP contribution in [0.15, 0.2) is 21.7 Å². The van der Waals surface area contributed by atoms with Crippen LogP contribution >= 0.6 is 12.4 Å². The summed E-state index contributed by atoms with van der Waals surface area (Å²) in [5, 5.41) is 7.76. The van der Waals surface area contributed by atoms with E-state index in [1.165, 1.54) is 10.5 Å². The summed E-state index contributed by atoms with van der Waals surface area (Å²) in [7, 11) is -3.54. The summed E-state index contributed by atoms with van der Waals surface area (Å²) in [6, 6.07) is 1.54. The molecular weight excluding hydrogens is 328 g/mol. The van der Waals surface area contributed by atoms with E-state index in [-0.39, 0.29) is 23.3 Å². The number of aromatic nitrogens is 2. The largest absolute Gasteiger partial charge is 0.336 e. The van der Waals surface area contributed by atoms with Crippen molar-refractivity contribution in [3.05, 3.63) is 18.0 Å². The minimum atomic E-state index is -3.54. The molecule has 2 aromatic heterocycles. The Balaban J connectivity index is 0.00000176. The number of fused-ring (bicyclic) bond motifs is 1. The maximum atomic E-state index is 12.8. The number of aryl methyl sites for hydroxylation is 1. The van der Waals surface area contributed by atoms with Crippen molar-refractivity contribution in [2.75, 3.05) is 19.6 Å². The first kappa shape index (κ1) is 17.1. The van der Waals surface area contributed by atoms with E-state index in [1.54, 1.807) is 6.07 Å². The molecule has 1 saturated heterocycles. The molecule has 0 amide bonds. The SMILES string of the molecule is CCc1noc2ncc(S(=O)(=O)N3CCNCC3C)cc12.Cl. The van der Waals surface area contributed by atoms with Crippen molar-refractivity contribution in [2.24, 2.45) is 0 Å². The zero-order valence-electron chi connectivity index (χ0n) is 12.4. The Bertz CT molecular complexity index is 762. The molecular formula is C13H19ClN4O3S. The summed E-state index contributed by atoms with van der Waals surface area (Å²) in [6.07, 6.45) is 2.01. The Morgan fingerprint density at radius 3 is 2.95 bits per heavy atom. The van der Waals surface area contributed by atoms with Crippen molar-refractivity contribution in [1.29, 1.82) is 0 Å². The topological polar surface area (TPSA) is 88.3 Å². The van der Waals surface area contributed by atoms with Crippen LogP contribution < -0.4 is 5.32 Å². The fourth-order valence-electron chi connectivity index (χ4n) is 2.57. The molecule has 0 aromatic carbocycles. The van der Waals surface area contributed by atoms with Crippen LogP contribution in [0.2, 0.25) is 0 Å². The highest BCUT2D eigenvalue weighted by molar-refractivity contribution is 7.89. The Morgan fingerprint density at radius 2 is 2.27 bits per heavy atom. The van der Waals surface area contributed by atoms with E-state index in [0.717, 1.165) is 5.69 Å². The number of rotatable bonds is 3. The lowest BCUT2D eigenvalue weighted by molar-refractivity contribution is 0.284. The number of pyridine rings is 1. The Labute approximate surface area is 135 Å². The molecule has 0 radical (unpaired) electrons. The van der Waals surface area contributed by atoms with Gasteiger partial charge in [0, 0.05) is 25.7 Å². The zero-order valence-corrected chi connectivity index (χ0v) is 14.1. The Morgan fingerprint density at radius 1 is 1.50 bits per heavy atom. The van der Waals surface area contributed by atoms with Crippen molar-refractivity contribution < 1.29 is 12.9 Å². The highest BCUT2D eigenvalue weighted by atomic mass is 35.5. The summed E-state index contributed by atoms with van der Waals surface area (Å²) in [6.45, 7) is 5.62. The minimum Gasteiger partial charge on any atom is -0.336 e. The predicted molar refractivity (Wildman–Crippen MR) is 84.7 cm³/mol. The molecule has 1 fully saturated rings. The first-order chi connectivity index (χ1) is 10.0. The van der Waals surface area contributed by atoms with Crippen molar-refractivity contribution in [2.45, 2.75) is 31.2 Å². The molecule has 1 aliphatic heterocycles. The second-order valence-electron chi connectivity index (χ2n) is 5.18. The van der Waals surface area contributed by atoms with Crippen LogP contribution in [0.25, 0.3) is 11.1 Å². The maximum absolute atomic E-state index is 12.8. The summed E-state index contributed by atoms with van der Waals surface area (Å²) >= 11 is 0. The molecule has 1 N–H and O–H groups in total. The third-order valence-corrected chi connectivity index (χ3v) is 5.74. The van der Waals surface area contributed by atoms with Crippen LogP contribution in [0.1, 0.15) is 19.5 Å². The highest BCUT2D eigenvalue weighted by Crippen LogP contribution is 2.24. The average Bonchev–Trinajstić information content (AvgIpc) is 2.89. The molecule has 0 saturated carbocycles. The van der Waals surface area contributed by atoms with Crippen LogP contribution in [0, 0.1) is 0 Å². The van der Waals surface area contributed by atoms with E-state index in [9.17, 15) is 8.42 Å². The van der Waals surface area contributed by atoms with E-state index >= 15 is 0 Å². The van der Waals surface area contributed by atoms with Crippen molar-refractivity contribution >= 4 is 33.5 Å². The van der Waals surface area contributed by atoms with Gasteiger partial charge < -0.3 is 9.84 Å². The second kappa shape index (κ2) is 6.49. The molecule has 7 nitrogen and oxygen atoms in total. The highest BCUT2D eigenvalue weighted by Gasteiger charge is 2.31. The molecule has 3 rings (SSSR count).